The monoisotopic (exact) mass is 887 g/mol. The number of Topliss-reactive ketones (excluding diaryl/α,β-unsaturated/α-hetero) is 1. The Bertz CT molecular complexity index is 2280. The lowest BCUT2D eigenvalue weighted by molar-refractivity contribution is -0.142. The van der Waals surface area contributed by atoms with Gasteiger partial charge in [0.05, 0.1) is 46.6 Å². The number of aliphatic imine (C=N–C) groups is 3. The van der Waals surface area contributed by atoms with Crippen LogP contribution in [0.5, 0.6) is 0 Å². The van der Waals surface area contributed by atoms with Gasteiger partial charge in [0.15, 0.2) is 5.78 Å². The molecule has 5 atom stereocenters. The fourth-order valence-electron chi connectivity index (χ4n) is 10.8. The number of aliphatic hydroxyl groups excluding tert-OH is 2. The van der Waals surface area contributed by atoms with Crippen LogP contribution in [0.4, 0.5) is 0 Å². The minimum absolute atomic E-state index is 0.0426. The lowest BCUT2D eigenvalue weighted by atomic mass is 9.85. The maximum atomic E-state index is 14.0. The van der Waals surface area contributed by atoms with Crippen LogP contribution in [0.1, 0.15) is 172 Å². The molecule has 5 aliphatic heterocycles. The zero-order chi connectivity index (χ0) is 47.1. The lowest BCUT2D eigenvalue weighted by Gasteiger charge is -2.17. The van der Waals surface area contributed by atoms with E-state index in [1.54, 1.807) is 6.92 Å². The number of hydrogen-bond acceptors (Lipinski definition) is 9. The Morgan fingerprint density at radius 2 is 1.55 bits per heavy atom. The van der Waals surface area contributed by atoms with Crippen LogP contribution in [0.3, 0.4) is 0 Å². The number of carbonyl (C=O) groups is 2. The van der Waals surface area contributed by atoms with Crippen molar-refractivity contribution in [2.75, 3.05) is 6.61 Å². The van der Waals surface area contributed by atoms with Crippen molar-refractivity contribution >= 4 is 28.9 Å². The number of nitrogens with zero attached hydrogens (tertiary/aromatic N) is 3. The van der Waals surface area contributed by atoms with Crippen molar-refractivity contribution in [3.8, 4) is 0 Å². The summed E-state index contributed by atoms with van der Waals surface area (Å²) in [6, 6.07) is 0. The van der Waals surface area contributed by atoms with Crippen molar-refractivity contribution in [3.63, 3.8) is 0 Å². The molecular formula is C56H78N4O5. The van der Waals surface area contributed by atoms with Crippen LogP contribution >= 0.6 is 0 Å². The number of esters is 1. The van der Waals surface area contributed by atoms with Gasteiger partial charge in [0.25, 0.3) is 0 Å². The molecule has 0 spiro atoms. The summed E-state index contributed by atoms with van der Waals surface area (Å²) in [5, 5.41) is 25.5. The molecule has 9 nitrogen and oxygen atoms in total. The second-order valence-electron chi connectivity index (χ2n) is 20.2. The highest BCUT2D eigenvalue weighted by molar-refractivity contribution is 6.38. The number of nitrogens with one attached hydrogen (secondary N) is 1. The lowest BCUT2D eigenvalue weighted by Crippen LogP contribution is -2.16. The molecule has 9 heteroatoms. The minimum atomic E-state index is -0.799. The van der Waals surface area contributed by atoms with Gasteiger partial charge in [-0.25, -0.2) is 15.0 Å². The van der Waals surface area contributed by atoms with E-state index in [2.05, 4.69) is 73.7 Å². The predicted molar refractivity (Wildman–Crippen MR) is 267 cm³/mol. The van der Waals surface area contributed by atoms with Gasteiger partial charge in [-0.2, -0.15) is 0 Å². The molecule has 3 N–H and O–H groups in total. The molecule has 0 aromatic rings. The minimum Gasteiger partial charge on any atom is -0.515 e. The fraction of sp³-hybridized carbons (Fsp3) is 0.589. The van der Waals surface area contributed by atoms with Crippen LogP contribution in [-0.4, -0.2) is 51.8 Å². The van der Waals surface area contributed by atoms with Gasteiger partial charge in [-0.1, -0.05) is 105 Å². The fourth-order valence-corrected chi connectivity index (χ4v) is 10.8. The van der Waals surface area contributed by atoms with Crippen LogP contribution in [0.25, 0.3) is 0 Å². The summed E-state index contributed by atoms with van der Waals surface area (Å²) in [5.41, 5.74) is 13.7. The number of ether oxygens (including phenoxy) is 1. The van der Waals surface area contributed by atoms with E-state index >= 15 is 0 Å². The Hall–Kier alpha value is -4.63. The summed E-state index contributed by atoms with van der Waals surface area (Å²) in [6.45, 7) is 24.0. The summed E-state index contributed by atoms with van der Waals surface area (Å²) in [5.74, 6) is 2.02. The molecule has 2 fully saturated rings. The van der Waals surface area contributed by atoms with Crippen molar-refractivity contribution in [3.05, 3.63) is 103 Å². The largest absolute Gasteiger partial charge is 0.515 e. The van der Waals surface area contributed by atoms with Gasteiger partial charge in [-0.3, -0.25) is 9.59 Å². The topological polar surface area (TPSA) is 133 Å². The van der Waals surface area contributed by atoms with Gasteiger partial charge in [0, 0.05) is 58.4 Å². The summed E-state index contributed by atoms with van der Waals surface area (Å²) in [6.07, 6.45) is 20.7. The van der Waals surface area contributed by atoms with Gasteiger partial charge in [-0.05, 0) is 118 Å². The average molecular weight is 887 g/mol. The molecule has 1 aliphatic carbocycles. The van der Waals surface area contributed by atoms with Crippen molar-refractivity contribution < 1.29 is 24.5 Å². The maximum absolute atomic E-state index is 14.0. The first-order valence-electron chi connectivity index (χ1n) is 25.0. The normalized spacial score (nSPS) is 22.9. The first-order chi connectivity index (χ1) is 31.1. The van der Waals surface area contributed by atoms with E-state index in [4.69, 9.17) is 19.7 Å². The van der Waals surface area contributed by atoms with Crippen LogP contribution in [-0.2, 0) is 14.3 Å². The van der Waals surface area contributed by atoms with Crippen LogP contribution in [0.2, 0.25) is 0 Å². The highest BCUT2D eigenvalue weighted by Gasteiger charge is 2.44. The molecule has 1 saturated carbocycles. The van der Waals surface area contributed by atoms with E-state index in [9.17, 15) is 19.8 Å². The Kier molecular flexibility index (Phi) is 17.0. The Morgan fingerprint density at radius 3 is 2.20 bits per heavy atom. The number of carbonyl (C=O) groups excluding carboxylic acids is 2. The molecule has 1 unspecified atom stereocenters. The van der Waals surface area contributed by atoms with Gasteiger partial charge in [0.2, 0.25) is 0 Å². The smallest absolute Gasteiger partial charge is 0.306 e. The molecule has 5 heterocycles. The number of aliphatic hydroxyl groups is 2. The third kappa shape index (κ3) is 11.3. The van der Waals surface area contributed by atoms with E-state index in [0.29, 0.717) is 64.5 Å². The quantitative estimate of drug-likeness (QED) is 0.0597. The molecule has 6 rings (SSSR count). The molecule has 0 radical (unpaired) electrons. The molecular weight excluding hydrogens is 809 g/mol. The molecule has 0 aromatic heterocycles. The molecule has 65 heavy (non-hydrogen) atoms. The van der Waals surface area contributed by atoms with Crippen molar-refractivity contribution in [1.29, 1.82) is 0 Å². The van der Waals surface area contributed by atoms with E-state index in [-0.39, 0.29) is 43.0 Å². The highest BCUT2D eigenvalue weighted by Crippen LogP contribution is 2.47. The molecule has 0 aromatic carbocycles. The first-order valence-corrected chi connectivity index (χ1v) is 25.0. The summed E-state index contributed by atoms with van der Waals surface area (Å²) in [4.78, 5) is 42.9. The Morgan fingerprint density at radius 1 is 0.877 bits per heavy atom. The first kappa shape index (κ1) is 49.8. The van der Waals surface area contributed by atoms with Gasteiger partial charge in [-0.15, -0.1) is 0 Å². The average Bonchev–Trinajstić information content (AvgIpc) is 4.03. The van der Waals surface area contributed by atoms with E-state index < -0.39 is 6.10 Å². The highest BCUT2D eigenvalue weighted by atomic mass is 16.5. The van der Waals surface area contributed by atoms with Gasteiger partial charge >= 0.3 is 5.97 Å². The summed E-state index contributed by atoms with van der Waals surface area (Å²) < 4.78 is 5.82. The van der Waals surface area contributed by atoms with Crippen molar-refractivity contribution in [2.24, 2.45) is 44.6 Å². The number of allylic oxidation sites excluding steroid dienone is 12. The van der Waals surface area contributed by atoms with Crippen molar-refractivity contribution in [1.82, 2.24) is 5.32 Å². The second kappa shape index (κ2) is 22.2. The molecule has 352 valence electrons. The SMILES string of the molecule is CCCC1=C2C=C3N=C4C(=C5NC(=C(C)C6=NC(=CC(=N2)/C1=C/O)C([C@H](C)O)=C6C)[C@@H](C)C5CCC(=O)OC/C=C(\C)CCC[C@H](C)CCC[C@H](C)CCCC(C)C)CC(=O)C4=C3CC. The zero-order valence-electron chi connectivity index (χ0n) is 41.5. The number of rotatable bonds is 21. The van der Waals surface area contributed by atoms with Crippen LogP contribution < -0.4 is 5.32 Å². The van der Waals surface area contributed by atoms with Gasteiger partial charge in [0.1, 0.15) is 6.61 Å². The maximum Gasteiger partial charge on any atom is 0.306 e. The molecule has 6 aliphatic rings. The standard InChI is InChI=1S/C56H78N4O5/c1-12-17-42-44(31-61)47-30-48-51(39(11)62)37(9)54(59-48)38(10)53-36(8)41(55(60-53)43-28-49(63)52-40(13-2)45(58-56(43)52)29-46(42)57-47)24-25-50(64)65-27-26-35(7)23-16-22-34(6)21-15-20-33(5)19-14-18-32(3)4/h26,29-34,36,39,41,60-62H,12-25,27-28H2,1-11H3/b35-26+,44-31+,45-29?,48-30?,53-38?,55-43?/t33-,34-,36+,39+,41?/m1/s1. The Labute approximate surface area is 390 Å². The van der Waals surface area contributed by atoms with E-state index in [1.807, 2.05) is 19.1 Å². The molecule has 0 amide bonds. The summed E-state index contributed by atoms with van der Waals surface area (Å²) in [7, 11) is 0. The molecule has 8 bridgehead atoms. The number of ketones is 1. The van der Waals surface area contributed by atoms with E-state index in [0.717, 1.165) is 88.2 Å². The van der Waals surface area contributed by atoms with Crippen molar-refractivity contribution in [2.45, 2.75) is 179 Å². The third-order valence-corrected chi connectivity index (χ3v) is 14.6. The van der Waals surface area contributed by atoms with Crippen LogP contribution in [0, 0.1) is 29.6 Å². The second-order valence-corrected chi connectivity index (χ2v) is 20.2. The predicted octanol–water partition coefficient (Wildman–Crippen LogP) is 13.1. The molecule has 1 saturated heterocycles. The van der Waals surface area contributed by atoms with Gasteiger partial charge < -0.3 is 20.3 Å². The Balaban J connectivity index is 1.20. The summed E-state index contributed by atoms with van der Waals surface area (Å²) >= 11 is 0. The van der Waals surface area contributed by atoms with Crippen LogP contribution in [0.15, 0.2) is 118 Å². The zero-order valence-corrected chi connectivity index (χ0v) is 41.5. The third-order valence-electron chi connectivity index (χ3n) is 14.6. The number of fused-ring (bicyclic) bond motifs is 5. The number of hydrogen-bond donors (Lipinski definition) is 3. The van der Waals surface area contributed by atoms with E-state index in [1.165, 1.54) is 50.5 Å².